The van der Waals surface area contributed by atoms with Crippen LogP contribution in [0.1, 0.15) is 9.67 Å². The minimum absolute atomic E-state index is 0.341. The second-order valence-electron chi connectivity index (χ2n) is 3.37. The molecule has 0 spiro atoms. The van der Waals surface area contributed by atoms with E-state index in [-0.39, 0.29) is 0 Å². The lowest BCUT2D eigenvalue weighted by Crippen LogP contribution is -1.89. The molecule has 0 bridgehead atoms. The topological polar surface area (TPSA) is 63.1 Å². The first kappa shape index (κ1) is 11.6. The van der Waals surface area contributed by atoms with E-state index >= 15 is 0 Å². The van der Waals surface area contributed by atoms with E-state index in [1.165, 1.54) is 29.4 Å². The molecule has 0 radical (unpaired) electrons. The minimum Gasteiger partial charge on any atom is -0.477 e. The highest BCUT2D eigenvalue weighted by molar-refractivity contribution is 7.99. The van der Waals surface area contributed by atoms with Gasteiger partial charge in [0.25, 0.3) is 0 Å². The van der Waals surface area contributed by atoms with Crippen LogP contribution < -0.4 is 0 Å². The number of hydrogen-bond acceptors (Lipinski definition) is 6. The van der Waals surface area contributed by atoms with Gasteiger partial charge in [0.15, 0.2) is 0 Å². The summed E-state index contributed by atoms with van der Waals surface area (Å²) in [7, 11) is 0. The number of carboxylic acid groups (broad SMARTS) is 1. The van der Waals surface area contributed by atoms with Crippen molar-refractivity contribution >= 4 is 50.6 Å². The number of aromatic nitrogens is 2. The average Bonchev–Trinajstić information content (AvgIpc) is 2.97. The van der Waals surface area contributed by atoms with Gasteiger partial charge < -0.3 is 5.11 Å². The van der Waals surface area contributed by atoms with E-state index in [0.29, 0.717) is 4.88 Å². The largest absolute Gasteiger partial charge is 0.477 e. The maximum absolute atomic E-state index is 10.8. The van der Waals surface area contributed by atoms with Crippen LogP contribution in [-0.2, 0) is 0 Å². The third kappa shape index (κ3) is 2.12. The van der Waals surface area contributed by atoms with Gasteiger partial charge in [-0.05, 0) is 17.5 Å². The smallest absolute Gasteiger partial charge is 0.345 e. The van der Waals surface area contributed by atoms with E-state index in [0.717, 1.165) is 20.1 Å². The Morgan fingerprint density at radius 2 is 2.22 bits per heavy atom. The summed E-state index contributed by atoms with van der Waals surface area (Å²) in [5, 5.41) is 14.5. The third-order valence-electron chi connectivity index (χ3n) is 2.23. The van der Waals surface area contributed by atoms with Gasteiger partial charge in [-0.3, -0.25) is 0 Å². The maximum atomic E-state index is 10.8. The summed E-state index contributed by atoms with van der Waals surface area (Å²) in [5.74, 6) is -0.893. The van der Waals surface area contributed by atoms with Gasteiger partial charge in [0, 0.05) is 15.7 Å². The van der Waals surface area contributed by atoms with Gasteiger partial charge in [0.1, 0.15) is 21.1 Å². The fourth-order valence-corrected chi connectivity index (χ4v) is 4.03. The molecule has 90 valence electrons. The lowest BCUT2D eigenvalue weighted by Gasteiger charge is -1.98. The van der Waals surface area contributed by atoms with Crippen molar-refractivity contribution in [2.75, 3.05) is 0 Å². The van der Waals surface area contributed by atoms with E-state index in [2.05, 4.69) is 9.97 Å². The van der Waals surface area contributed by atoms with Gasteiger partial charge in [-0.25, -0.2) is 14.8 Å². The Morgan fingerprint density at radius 3 is 3.00 bits per heavy atom. The Kier molecular flexibility index (Phi) is 3.02. The standard InChI is InChI=1S/C11H6N2O2S3/c14-11(15)8-3-6(4-17-8)18-10-7-1-2-16-9(7)12-5-13-10/h1-5H,(H,14,15). The van der Waals surface area contributed by atoms with Crippen molar-refractivity contribution < 1.29 is 9.90 Å². The number of carboxylic acids is 1. The molecule has 0 saturated heterocycles. The molecular formula is C11H6N2O2S3. The van der Waals surface area contributed by atoms with Crippen LogP contribution >= 0.6 is 34.4 Å². The first-order valence-corrected chi connectivity index (χ1v) is 7.49. The molecule has 4 nitrogen and oxygen atoms in total. The summed E-state index contributed by atoms with van der Waals surface area (Å²) in [5.41, 5.74) is 0. The van der Waals surface area contributed by atoms with E-state index < -0.39 is 5.97 Å². The van der Waals surface area contributed by atoms with Crippen LogP contribution in [0.5, 0.6) is 0 Å². The summed E-state index contributed by atoms with van der Waals surface area (Å²) in [6.07, 6.45) is 1.53. The van der Waals surface area contributed by atoms with Crippen LogP contribution in [-0.4, -0.2) is 21.0 Å². The maximum Gasteiger partial charge on any atom is 0.345 e. The molecule has 0 aliphatic rings. The van der Waals surface area contributed by atoms with E-state index in [1.54, 1.807) is 17.4 Å². The zero-order valence-electron chi connectivity index (χ0n) is 8.86. The molecule has 0 atom stereocenters. The Morgan fingerprint density at radius 1 is 1.33 bits per heavy atom. The zero-order valence-corrected chi connectivity index (χ0v) is 11.3. The monoisotopic (exact) mass is 294 g/mol. The molecule has 3 rings (SSSR count). The first-order chi connectivity index (χ1) is 8.74. The Hall–Kier alpha value is -1.44. The highest BCUT2D eigenvalue weighted by Gasteiger charge is 2.10. The van der Waals surface area contributed by atoms with Gasteiger partial charge in [0.05, 0.1) is 0 Å². The highest BCUT2D eigenvalue weighted by Crippen LogP contribution is 2.34. The van der Waals surface area contributed by atoms with Crippen molar-refractivity contribution in [3.8, 4) is 0 Å². The van der Waals surface area contributed by atoms with Crippen LogP contribution in [0.4, 0.5) is 0 Å². The summed E-state index contributed by atoms with van der Waals surface area (Å²) in [6.45, 7) is 0. The van der Waals surface area contributed by atoms with E-state index in [4.69, 9.17) is 5.11 Å². The van der Waals surface area contributed by atoms with E-state index in [1.807, 2.05) is 16.8 Å². The molecule has 0 unspecified atom stereocenters. The van der Waals surface area contributed by atoms with Gasteiger partial charge in [-0.2, -0.15) is 0 Å². The molecule has 0 aliphatic carbocycles. The molecule has 3 aromatic heterocycles. The molecule has 7 heteroatoms. The summed E-state index contributed by atoms with van der Waals surface area (Å²) >= 11 is 4.25. The fraction of sp³-hybridized carbons (Fsp3) is 0. The number of thiophene rings is 2. The second kappa shape index (κ2) is 4.68. The molecule has 0 saturated carbocycles. The number of fused-ring (bicyclic) bond motifs is 1. The van der Waals surface area contributed by atoms with Crippen molar-refractivity contribution in [1.29, 1.82) is 0 Å². The third-order valence-corrected chi connectivity index (χ3v) is 5.10. The van der Waals surface area contributed by atoms with Crippen molar-refractivity contribution in [2.24, 2.45) is 0 Å². The van der Waals surface area contributed by atoms with Gasteiger partial charge in [0.2, 0.25) is 0 Å². The molecular weight excluding hydrogens is 288 g/mol. The van der Waals surface area contributed by atoms with Crippen LogP contribution in [0.2, 0.25) is 0 Å². The predicted octanol–water partition coefficient (Wildman–Crippen LogP) is 3.60. The molecule has 18 heavy (non-hydrogen) atoms. The normalized spacial score (nSPS) is 10.9. The number of nitrogens with zero attached hydrogens (tertiary/aromatic N) is 2. The Labute approximate surface area is 114 Å². The van der Waals surface area contributed by atoms with Gasteiger partial charge >= 0.3 is 5.97 Å². The molecule has 0 aliphatic heterocycles. The van der Waals surface area contributed by atoms with Gasteiger partial charge in [-0.15, -0.1) is 22.7 Å². The number of rotatable bonds is 3. The van der Waals surface area contributed by atoms with Crippen molar-refractivity contribution in [3.63, 3.8) is 0 Å². The van der Waals surface area contributed by atoms with Crippen LogP contribution in [0.3, 0.4) is 0 Å². The van der Waals surface area contributed by atoms with Crippen molar-refractivity contribution in [1.82, 2.24) is 9.97 Å². The zero-order chi connectivity index (χ0) is 12.5. The SMILES string of the molecule is O=C(O)c1cc(Sc2ncnc3sccc23)cs1. The fourth-order valence-electron chi connectivity index (χ4n) is 1.44. The van der Waals surface area contributed by atoms with Crippen molar-refractivity contribution in [3.05, 3.63) is 34.1 Å². The predicted molar refractivity (Wildman–Crippen MR) is 72.8 cm³/mol. The molecule has 1 N–H and O–H groups in total. The summed E-state index contributed by atoms with van der Waals surface area (Å²) in [6, 6.07) is 3.64. The van der Waals surface area contributed by atoms with Crippen LogP contribution in [0.25, 0.3) is 10.2 Å². The van der Waals surface area contributed by atoms with Crippen LogP contribution in [0, 0.1) is 0 Å². The average molecular weight is 294 g/mol. The number of hydrogen-bond donors (Lipinski definition) is 1. The Balaban J connectivity index is 1.96. The number of carbonyl (C=O) groups is 1. The quantitative estimate of drug-likeness (QED) is 0.748. The van der Waals surface area contributed by atoms with Crippen molar-refractivity contribution in [2.45, 2.75) is 9.92 Å². The molecule has 0 amide bonds. The highest BCUT2D eigenvalue weighted by atomic mass is 32.2. The second-order valence-corrected chi connectivity index (χ2v) is 6.24. The Bertz CT molecular complexity index is 720. The molecule has 3 heterocycles. The summed E-state index contributed by atoms with van der Waals surface area (Å²) < 4.78 is 0. The minimum atomic E-state index is -0.893. The lowest BCUT2D eigenvalue weighted by atomic mass is 10.4. The molecule has 0 fully saturated rings. The van der Waals surface area contributed by atoms with Crippen LogP contribution in [0.15, 0.2) is 39.1 Å². The molecule has 3 aromatic rings. The first-order valence-electron chi connectivity index (χ1n) is 4.92. The summed E-state index contributed by atoms with van der Waals surface area (Å²) in [4.78, 5) is 21.4. The van der Waals surface area contributed by atoms with Gasteiger partial charge in [-0.1, -0.05) is 11.8 Å². The molecule has 0 aromatic carbocycles. The van der Waals surface area contributed by atoms with E-state index in [9.17, 15) is 4.79 Å². The number of aromatic carboxylic acids is 1. The lowest BCUT2D eigenvalue weighted by molar-refractivity contribution is 0.0702.